The number of anilines is 1. The lowest BCUT2D eigenvalue weighted by Crippen LogP contribution is -2.09. The average molecular weight is 269 g/mol. The summed E-state index contributed by atoms with van der Waals surface area (Å²) in [6.45, 7) is 6.41. The summed E-state index contributed by atoms with van der Waals surface area (Å²) in [5, 5.41) is 11.9. The van der Waals surface area contributed by atoms with Crippen LogP contribution in [-0.4, -0.2) is 41.4 Å². The fraction of sp³-hybridized carbons (Fsp3) is 0.692. The first kappa shape index (κ1) is 15.7. The van der Waals surface area contributed by atoms with Gasteiger partial charge in [0, 0.05) is 32.2 Å². The maximum Gasteiger partial charge on any atom is 0.218 e. The van der Waals surface area contributed by atoms with Crippen molar-refractivity contribution in [1.82, 2.24) is 9.97 Å². The van der Waals surface area contributed by atoms with E-state index in [4.69, 9.17) is 14.6 Å². The highest BCUT2D eigenvalue weighted by Crippen LogP contribution is 2.14. The van der Waals surface area contributed by atoms with E-state index in [9.17, 15) is 0 Å². The van der Waals surface area contributed by atoms with Crippen molar-refractivity contribution in [3.05, 3.63) is 11.9 Å². The van der Waals surface area contributed by atoms with E-state index in [0.717, 1.165) is 18.8 Å². The minimum Gasteiger partial charge on any atom is -0.477 e. The van der Waals surface area contributed by atoms with E-state index < -0.39 is 0 Å². The molecule has 108 valence electrons. The molecule has 2 N–H and O–H groups in total. The van der Waals surface area contributed by atoms with Crippen molar-refractivity contribution in [2.24, 2.45) is 0 Å². The second-order valence-corrected chi connectivity index (χ2v) is 4.00. The minimum absolute atomic E-state index is 0.109. The number of hydrogen-bond donors (Lipinski definition) is 2. The molecule has 6 nitrogen and oxygen atoms in total. The fourth-order valence-electron chi connectivity index (χ4n) is 1.39. The molecule has 0 aliphatic rings. The third kappa shape index (κ3) is 6.35. The Morgan fingerprint density at radius 2 is 2.16 bits per heavy atom. The lowest BCUT2D eigenvalue weighted by atomic mass is 10.4. The SMILES string of the molecule is CCCNc1cc(OCCCO)nc(COCC)n1. The van der Waals surface area contributed by atoms with Crippen molar-refractivity contribution in [2.75, 3.05) is 31.7 Å². The maximum atomic E-state index is 8.74. The molecule has 0 aromatic carbocycles. The summed E-state index contributed by atoms with van der Waals surface area (Å²) in [5.41, 5.74) is 0. The number of aromatic nitrogens is 2. The summed E-state index contributed by atoms with van der Waals surface area (Å²) in [4.78, 5) is 8.63. The predicted molar refractivity (Wildman–Crippen MR) is 73.3 cm³/mol. The highest BCUT2D eigenvalue weighted by Gasteiger charge is 2.05. The van der Waals surface area contributed by atoms with Crippen LogP contribution in [-0.2, 0) is 11.3 Å². The molecule has 1 rings (SSSR count). The van der Waals surface area contributed by atoms with E-state index in [0.29, 0.717) is 37.9 Å². The van der Waals surface area contributed by atoms with Gasteiger partial charge < -0.3 is 19.9 Å². The van der Waals surface area contributed by atoms with Crippen molar-refractivity contribution < 1.29 is 14.6 Å². The Morgan fingerprint density at radius 1 is 1.32 bits per heavy atom. The van der Waals surface area contributed by atoms with Gasteiger partial charge in [0.25, 0.3) is 0 Å². The molecule has 0 saturated carbocycles. The zero-order valence-electron chi connectivity index (χ0n) is 11.7. The maximum absolute atomic E-state index is 8.74. The molecule has 0 atom stereocenters. The van der Waals surface area contributed by atoms with Gasteiger partial charge in [0.2, 0.25) is 5.88 Å². The highest BCUT2D eigenvalue weighted by molar-refractivity contribution is 5.38. The van der Waals surface area contributed by atoms with Crippen molar-refractivity contribution in [2.45, 2.75) is 33.3 Å². The first-order valence-electron chi connectivity index (χ1n) is 6.73. The molecule has 0 spiro atoms. The predicted octanol–water partition coefficient (Wildman–Crippen LogP) is 1.60. The summed E-state index contributed by atoms with van der Waals surface area (Å²) >= 11 is 0. The number of aliphatic hydroxyl groups is 1. The van der Waals surface area contributed by atoms with Crippen molar-refractivity contribution in [3.63, 3.8) is 0 Å². The highest BCUT2D eigenvalue weighted by atomic mass is 16.5. The van der Waals surface area contributed by atoms with Gasteiger partial charge in [-0.15, -0.1) is 0 Å². The van der Waals surface area contributed by atoms with Gasteiger partial charge in [-0.1, -0.05) is 6.92 Å². The van der Waals surface area contributed by atoms with Gasteiger partial charge in [-0.05, 0) is 13.3 Å². The largest absolute Gasteiger partial charge is 0.477 e. The number of aliphatic hydroxyl groups excluding tert-OH is 1. The Labute approximate surface area is 114 Å². The molecule has 0 fully saturated rings. The van der Waals surface area contributed by atoms with E-state index in [1.54, 1.807) is 6.07 Å². The van der Waals surface area contributed by atoms with Crippen LogP contribution in [0.2, 0.25) is 0 Å². The van der Waals surface area contributed by atoms with Gasteiger partial charge in [0.05, 0.1) is 6.61 Å². The van der Waals surface area contributed by atoms with Crippen LogP contribution < -0.4 is 10.1 Å². The summed E-state index contributed by atoms with van der Waals surface area (Å²) in [6.07, 6.45) is 1.61. The molecular weight excluding hydrogens is 246 g/mol. The molecule has 0 aliphatic carbocycles. The molecule has 0 unspecified atom stereocenters. The number of rotatable bonds is 10. The number of nitrogens with one attached hydrogen (secondary N) is 1. The van der Waals surface area contributed by atoms with Crippen LogP contribution in [0, 0.1) is 0 Å². The Kier molecular flexibility index (Phi) is 7.84. The molecule has 1 aromatic rings. The number of hydrogen-bond acceptors (Lipinski definition) is 6. The zero-order valence-corrected chi connectivity index (χ0v) is 11.7. The fourth-order valence-corrected chi connectivity index (χ4v) is 1.39. The molecule has 0 bridgehead atoms. The van der Waals surface area contributed by atoms with Crippen molar-refractivity contribution in [3.8, 4) is 5.88 Å². The van der Waals surface area contributed by atoms with Crippen LogP contribution in [0.5, 0.6) is 5.88 Å². The molecule has 0 radical (unpaired) electrons. The molecule has 0 amide bonds. The first-order valence-corrected chi connectivity index (χ1v) is 6.73. The van der Waals surface area contributed by atoms with Gasteiger partial charge >= 0.3 is 0 Å². The number of ether oxygens (including phenoxy) is 2. The van der Waals surface area contributed by atoms with Crippen LogP contribution in [0.4, 0.5) is 5.82 Å². The van der Waals surface area contributed by atoms with Crippen LogP contribution >= 0.6 is 0 Å². The molecule has 19 heavy (non-hydrogen) atoms. The quantitative estimate of drug-likeness (QED) is 0.628. The zero-order chi connectivity index (χ0) is 13.9. The van der Waals surface area contributed by atoms with Gasteiger partial charge in [-0.3, -0.25) is 0 Å². The molecule has 1 heterocycles. The average Bonchev–Trinajstić information content (AvgIpc) is 2.43. The lowest BCUT2D eigenvalue weighted by molar-refractivity contribution is 0.127. The Balaban J connectivity index is 2.70. The summed E-state index contributed by atoms with van der Waals surface area (Å²) in [7, 11) is 0. The van der Waals surface area contributed by atoms with Gasteiger partial charge in [-0.25, -0.2) is 4.98 Å². The lowest BCUT2D eigenvalue weighted by Gasteiger charge is -2.10. The molecule has 6 heteroatoms. The van der Waals surface area contributed by atoms with E-state index in [1.807, 2.05) is 6.92 Å². The second kappa shape index (κ2) is 9.52. The standard InChI is InChI=1S/C13H23N3O3/c1-3-6-14-11-9-13(19-8-5-7-17)16-12(15-11)10-18-4-2/h9,17H,3-8,10H2,1-2H3,(H,14,15,16). The smallest absolute Gasteiger partial charge is 0.218 e. The third-order valence-corrected chi connectivity index (χ3v) is 2.29. The van der Waals surface area contributed by atoms with Gasteiger partial charge in [-0.2, -0.15) is 4.98 Å². The molecular formula is C13H23N3O3. The second-order valence-electron chi connectivity index (χ2n) is 4.00. The van der Waals surface area contributed by atoms with E-state index in [2.05, 4.69) is 22.2 Å². The van der Waals surface area contributed by atoms with Crippen molar-refractivity contribution >= 4 is 5.82 Å². The summed E-state index contributed by atoms with van der Waals surface area (Å²) < 4.78 is 10.8. The summed E-state index contributed by atoms with van der Waals surface area (Å²) in [5.74, 6) is 1.85. The van der Waals surface area contributed by atoms with Gasteiger partial charge in [0.15, 0.2) is 5.82 Å². The van der Waals surface area contributed by atoms with Crippen molar-refractivity contribution in [1.29, 1.82) is 0 Å². The Morgan fingerprint density at radius 3 is 2.84 bits per heavy atom. The summed E-state index contributed by atoms with van der Waals surface area (Å²) in [6, 6.07) is 1.77. The van der Waals surface area contributed by atoms with E-state index in [-0.39, 0.29) is 6.61 Å². The molecule has 0 aliphatic heterocycles. The Bertz CT molecular complexity index is 335. The van der Waals surface area contributed by atoms with Crippen LogP contribution in [0.3, 0.4) is 0 Å². The van der Waals surface area contributed by atoms with E-state index in [1.165, 1.54) is 0 Å². The normalized spacial score (nSPS) is 10.5. The van der Waals surface area contributed by atoms with Crippen LogP contribution in [0.15, 0.2) is 6.07 Å². The molecule has 0 saturated heterocycles. The monoisotopic (exact) mass is 269 g/mol. The first-order chi connectivity index (χ1) is 9.30. The number of nitrogens with zero attached hydrogens (tertiary/aromatic N) is 2. The van der Waals surface area contributed by atoms with Crippen LogP contribution in [0.1, 0.15) is 32.5 Å². The minimum atomic E-state index is 0.109. The van der Waals surface area contributed by atoms with Gasteiger partial charge in [0.1, 0.15) is 12.4 Å². The van der Waals surface area contributed by atoms with Crippen LogP contribution in [0.25, 0.3) is 0 Å². The Hall–Kier alpha value is -1.40. The third-order valence-electron chi connectivity index (χ3n) is 2.29. The topological polar surface area (TPSA) is 76.5 Å². The van der Waals surface area contributed by atoms with E-state index >= 15 is 0 Å². The molecule has 1 aromatic heterocycles.